The van der Waals surface area contributed by atoms with Gasteiger partial charge < -0.3 is 10.4 Å². The molecule has 3 N–H and O–H groups in total. The van der Waals surface area contributed by atoms with Gasteiger partial charge in [0.15, 0.2) is 0 Å². The molecule has 0 radical (unpaired) electrons. The maximum absolute atomic E-state index is 11.4. The van der Waals surface area contributed by atoms with E-state index in [2.05, 4.69) is 17.2 Å². The van der Waals surface area contributed by atoms with Crippen LogP contribution in [0.3, 0.4) is 0 Å². The lowest BCUT2D eigenvalue weighted by Crippen LogP contribution is -2.36. The molecular weight excluding hydrogens is 216 g/mol. The first-order valence-electron chi connectivity index (χ1n) is 5.54. The van der Waals surface area contributed by atoms with Crippen molar-refractivity contribution in [2.24, 2.45) is 0 Å². The molecule has 1 aromatic rings. The first-order chi connectivity index (χ1) is 8.27. The van der Waals surface area contributed by atoms with E-state index in [9.17, 15) is 9.90 Å². The third kappa shape index (κ3) is 4.80. The zero-order valence-corrected chi connectivity index (χ0v) is 9.73. The second-order valence-corrected chi connectivity index (χ2v) is 3.62. The molecule has 0 aromatic heterocycles. The summed E-state index contributed by atoms with van der Waals surface area (Å²) in [5.41, 5.74) is 0.964. The number of hydrogen-bond acceptors (Lipinski definition) is 3. The summed E-state index contributed by atoms with van der Waals surface area (Å²) in [4.78, 5) is 11.4. The van der Waals surface area contributed by atoms with Crippen LogP contribution < -0.4 is 10.6 Å². The summed E-state index contributed by atoms with van der Waals surface area (Å²) in [6.45, 7) is 4.10. The monoisotopic (exact) mass is 234 g/mol. The highest BCUT2D eigenvalue weighted by Gasteiger charge is 2.10. The van der Waals surface area contributed by atoms with Crippen molar-refractivity contribution in [1.82, 2.24) is 10.6 Å². The minimum Gasteiger partial charge on any atom is -0.394 e. The molecule has 4 heteroatoms. The minimum absolute atomic E-state index is 0.0429. The van der Waals surface area contributed by atoms with E-state index in [1.807, 2.05) is 30.3 Å². The van der Waals surface area contributed by atoms with Gasteiger partial charge in [-0.2, -0.15) is 0 Å². The predicted octanol–water partition coefficient (Wildman–Crippen LogP) is 0.612. The van der Waals surface area contributed by atoms with Gasteiger partial charge in [-0.3, -0.25) is 10.1 Å². The van der Waals surface area contributed by atoms with Gasteiger partial charge in [0.2, 0.25) is 5.91 Å². The Kier molecular flexibility index (Phi) is 5.99. The molecule has 0 saturated carbocycles. The van der Waals surface area contributed by atoms with Crippen LogP contribution in [-0.4, -0.2) is 30.7 Å². The van der Waals surface area contributed by atoms with Crippen LogP contribution in [0, 0.1) is 0 Å². The predicted molar refractivity (Wildman–Crippen MR) is 67.5 cm³/mol. The number of hydrogen-bond donors (Lipinski definition) is 3. The summed E-state index contributed by atoms with van der Waals surface area (Å²) >= 11 is 0. The summed E-state index contributed by atoms with van der Waals surface area (Å²) in [5.74, 6) is -0.112. The van der Waals surface area contributed by atoms with Crippen LogP contribution in [0.1, 0.15) is 11.6 Å². The summed E-state index contributed by atoms with van der Waals surface area (Å²) < 4.78 is 0. The fourth-order valence-corrected chi connectivity index (χ4v) is 1.44. The lowest BCUT2D eigenvalue weighted by Gasteiger charge is -2.16. The van der Waals surface area contributed by atoms with Gasteiger partial charge in [0, 0.05) is 6.54 Å². The van der Waals surface area contributed by atoms with E-state index in [-0.39, 0.29) is 25.1 Å². The lowest BCUT2D eigenvalue weighted by atomic mass is 10.1. The van der Waals surface area contributed by atoms with E-state index in [0.717, 1.165) is 5.56 Å². The molecule has 0 bridgehead atoms. The average molecular weight is 234 g/mol. The fourth-order valence-electron chi connectivity index (χ4n) is 1.44. The van der Waals surface area contributed by atoms with E-state index >= 15 is 0 Å². The van der Waals surface area contributed by atoms with Crippen LogP contribution in [0.15, 0.2) is 43.0 Å². The van der Waals surface area contributed by atoms with Crippen LogP contribution in [0.25, 0.3) is 0 Å². The van der Waals surface area contributed by atoms with E-state index < -0.39 is 0 Å². The van der Waals surface area contributed by atoms with Crippen molar-refractivity contribution >= 4 is 5.91 Å². The molecule has 0 aliphatic heterocycles. The number of nitrogens with one attached hydrogen (secondary N) is 2. The number of carbonyl (C=O) groups excluding carboxylic acids is 1. The Bertz CT molecular complexity index is 352. The van der Waals surface area contributed by atoms with Gasteiger partial charge in [0.1, 0.15) is 0 Å². The molecule has 0 heterocycles. The Hall–Kier alpha value is -1.65. The highest BCUT2D eigenvalue weighted by atomic mass is 16.3. The average Bonchev–Trinajstić information content (AvgIpc) is 2.38. The second-order valence-electron chi connectivity index (χ2n) is 3.62. The van der Waals surface area contributed by atoms with E-state index in [1.165, 1.54) is 0 Å². The molecular formula is C13H18N2O2. The van der Waals surface area contributed by atoms with Gasteiger partial charge in [0.25, 0.3) is 0 Å². The van der Waals surface area contributed by atoms with Crippen molar-refractivity contribution in [3.63, 3.8) is 0 Å². The van der Waals surface area contributed by atoms with E-state index in [4.69, 9.17) is 0 Å². The molecule has 1 aromatic carbocycles. The minimum atomic E-state index is -0.217. The van der Waals surface area contributed by atoms with Crippen molar-refractivity contribution in [3.05, 3.63) is 48.6 Å². The van der Waals surface area contributed by atoms with Crippen molar-refractivity contribution in [3.8, 4) is 0 Å². The van der Waals surface area contributed by atoms with Crippen LogP contribution >= 0.6 is 0 Å². The van der Waals surface area contributed by atoms with Crippen LogP contribution in [0.4, 0.5) is 0 Å². The van der Waals surface area contributed by atoms with Gasteiger partial charge in [-0.15, -0.1) is 6.58 Å². The maximum Gasteiger partial charge on any atom is 0.234 e. The Morgan fingerprint density at radius 1 is 1.41 bits per heavy atom. The molecule has 1 unspecified atom stereocenters. The molecule has 0 fully saturated rings. The SMILES string of the molecule is C=CCNC(=O)CNC(CO)c1ccccc1. The summed E-state index contributed by atoms with van der Waals surface area (Å²) in [5, 5.41) is 14.9. The molecule has 1 atom stereocenters. The van der Waals surface area contributed by atoms with Crippen molar-refractivity contribution in [1.29, 1.82) is 0 Å². The first-order valence-corrected chi connectivity index (χ1v) is 5.54. The van der Waals surface area contributed by atoms with Gasteiger partial charge >= 0.3 is 0 Å². The van der Waals surface area contributed by atoms with Crippen LogP contribution in [0.5, 0.6) is 0 Å². The number of rotatable bonds is 7. The molecule has 92 valence electrons. The number of aliphatic hydroxyl groups is 1. The number of carbonyl (C=O) groups is 1. The maximum atomic E-state index is 11.4. The summed E-state index contributed by atoms with van der Waals surface area (Å²) in [6.07, 6.45) is 1.62. The number of amides is 1. The first kappa shape index (κ1) is 13.4. The highest BCUT2D eigenvalue weighted by molar-refractivity contribution is 5.78. The van der Waals surface area contributed by atoms with E-state index in [0.29, 0.717) is 6.54 Å². The third-order valence-electron chi connectivity index (χ3n) is 2.34. The normalized spacial score (nSPS) is 11.8. The summed E-state index contributed by atoms with van der Waals surface area (Å²) in [6, 6.07) is 9.32. The fraction of sp³-hybridized carbons (Fsp3) is 0.308. The molecule has 1 amide bonds. The van der Waals surface area contributed by atoms with Gasteiger partial charge in [0.05, 0.1) is 19.2 Å². The Balaban J connectivity index is 2.43. The second kappa shape index (κ2) is 7.60. The Morgan fingerprint density at radius 3 is 2.71 bits per heavy atom. The molecule has 0 spiro atoms. The smallest absolute Gasteiger partial charge is 0.234 e. The molecule has 17 heavy (non-hydrogen) atoms. The number of aliphatic hydroxyl groups excluding tert-OH is 1. The van der Waals surface area contributed by atoms with Crippen LogP contribution in [0.2, 0.25) is 0 Å². The molecule has 4 nitrogen and oxygen atoms in total. The lowest BCUT2D eigenvalue weighted by molar-refractivity contribution is -0.120. The van der Waals surface area contributed by atoms with Crippen molar-refractivity contribution in [2.45, 2.75) is 6.04 Å². The largest absolute Gasteiger partial charge is 0.394 e. The standard InChI is InChI=1S/C13H18N2O2/c1-2-8-14-13(17)9-15-12(10-16)11-6-4-3-5-7-11/h2-7,12,15-16H,1,8-10H2,(H,14,17). The van der Waals surface area contributed by atoms with E-state index in [1.54, 1.807) is 6.08 Å². The van der Waals surface area contributed by atoms with Gasteiger partial charge in [-0.1, -0.05) is 36.4 Å². The highest BCUT2D eigenvalue weighted by Crippen LogP contribution is 2.10. The zero-order valence-electron chi connectivity index (χ0n) is 9.73. The number of benzene rings is 1. The van der Waals surface area contributed by atoms with Crippen LogP contribution in [-0.2, 0) is 4.79 Å². The quantitative estimate of drug-likeness (QED) is 0.606. The summed E-state index contributed by atoms with van der Waals surface area (Å²) in [7, 11) is 0. The molecule has 1 rings (SSSR count). The third-order valence-corrected chi connectivity index (χ3v) is 2.34. The zero-order chi connectivity index (χ0) is 12.5. The Labute approximate surface area is 101 Å². The topological polar surface area (TPSA) is 61.4 Å². The van der Waals surface area contributed by atoms with Gasteiger partial charge in [-0.25, -0.2) is 0 Å². The van der Waals surface area contributed by atoms with Crippen molar-refractivity contribution < 1.29 is 9.90 Å². The molecule has 0 saturated heterocycles. The molecule has 0 aliphatic carbocycles. The molecule has 0 aliphatic rings. The Morgan fingerprint density at radius 2 is 2.12 bits per heavy atom. The van der Waals surface area contributed by atoms with Gasteiger partial charge in [-0.05, 0) is 5.56 Å². The van der Waals surface area contributed by atoms with Crippen molar-refractivity contribution in [2.75, 3.05) is 19.7 Å².